The number of aryl methyl sites for hydroxylation is 1. The molecule has 0 saturated heterocycles. The molecular formula is C36H11F3N8O. The van der Waals surface area contributed by atoms with Crippen molar-refractivity contribution in [3.05, 3.63) is 144 Å². The fourth-order valence-electron chi connectivity index (χ4n) is 5.79. The predicted octanol–water partition coefficient (Wildman–Crippen LogP) is 8.19. The first kappa shape index (κ1) is 31.6. The molecule has 0 bridgehead atoms. The third kappa shape index (κ3) is 4.76. The van der Waals surface area contributed by atoms with Gasteiger partial charge in [-0.2, -0.15) is 15.8 Å². The van der Waals surface area contributed by atoms with Crippen LogP contribution in [0.25, 0.3) is 48.1 Å². The number of nitriles is 5. The van der Waals surface area contributed by atoms with Crippen LogP contribution in [0, 0.1) is 83.3 Å². The van der Waals surface area contributed by atoms with Gasteiger partial charge in [0.05, 0.1) is 54.6 Å². The summed E-state index contributed by atoms with van der Waals surface area (Å²) in [6, 6.07) is 20.5. The Morgan fingerprint density at radius 3 is 1.60 bits per heavy atom. The minimum atomic E-state index is -5.00. The molecule has 0 amide bonds. The lowest BCUT2D eigenvalue weighted by molar-refractivity contribution is -0.274. The van der Waals surface area contributed by atoms with E-state index in [2.05, 4.69) is 19.3 Å². The van der Waals surface area contributed by atoms with Crippen molar-refractivity contribution in [2.45, 2.75) is 13.3 Å². The number of fused-ring (bicyclic) bond motifs is 2. The van der Waals surface area contributed by atoms with E-state index in [-0.39, 0.29) is 72.5 Å². The highest BCUT2D eigenvalue weighted by atomic mass is 19.4. The van der Waals surface area contributed by atoms with Crippen molar-refractivity contribution in [1.82, 2.24) is 0 Å². The van der Waals surface area contributed by atoms with E-state index in [9.17, 15) is 39.5 Å². The Kier molecular flexibility index (Phi) is 7.83. The number of alkyl halides is 3. The van der Waals surface area contributed by atoms with Crippen molar-refractivity contribution < 1.29 is 17.9 Å². The van der Waals surface area contributed by atoms with Crippen molar-refractivity contribution in [3.8, 4) is 36.1 Å². The Bertz CT molecular complexity index is 2440. The van der Waals surface area contributed by atoms with Crippen LogP contribution in [0.5, 0.6) is 5.75 Å². The smallest absolute Gasteiger partial charge is 0.406 e. The van der Waals surface area contributed by atoms with Gasteiger partial charge in [0.1, 0.15) is 17.9 Å². The summed E-state index contributed by atoms with van der Waals surface area (Å²) in [5.41, 5.74) is -1.92. The van der Waals surface area contributed by atoms with Crippen LogP contribution in [0.3, 0.4) is 0 Å². The average molecular weight is 629 g/mol. The first-order chi connectivity index (χ1) is 23.0. The third-order valence-corrected chi connectivity index (χ3v) is 7.55. The number of benzene rings is 3. The molecule has 0 fully saturated rings. The van der Waals surface area contributed by atoms with Gasteiger partial charge >= 0.3 is 6.36 Å². The van der Waals surface area contributed by atoms with Crippen LogP contribution in [0.1, 0.15) is 50.1 Å². The molecule has 3 aromatic rings. The largest absolute Gasteiger partial charge is 0.573 e. The number of nitrogens with zero attached hydrogens (tertiary/aromatic N) is 8. The summed E-state index contributed by atoms with van der Waals surface area (Å²) in [6.45, 7) is 25.5. The first-order valence-corrected chi connectivity index (χ1v) is 13.3. The Labute approximate surface area is 271 Å². The molecule has 0 heterocycles. The highest BCUT2D eigenvalue weighted by molar-refractivity contribution is 6.31. The lowest BCUT2D eigenvalue weighted by atomic mass is 9.83. The molecule has 0 radical (unpaired) electrons. The van der Waals surface area contributed by atoms with Gasteiger partial charge in [-0.1, -0.05) is 42.0 Å². The predicted molar refractivity (Wildman–Crippen MR) is 164 cm³/mol. The Balaban J connectivity index is 2.02. The van der Waals surface area contributed by atoms with Gasteiger partial charge in [-0.15, -0.1) is 13.2 Å². The van der Waals surface area contributed by atoms with E-state index in [1.807, 2.05) is 31.2 Å². The van der Waals surface area contributed by atoms with E-state index in [1.54, 1.807) is 30.3 Å². The number of hydrogen-bond acceptors (Lipinski definition) is 6. The van der Waals surface area contributed by atoms with Crippen LogP contribution in [0.15, 0.2) is 59.9 Å². The summed E-state index contributed by atoms with van der Waals surface area (Å²) in [4.78, 5) is 10.3. The van der Waals surface area contributed by atoms with Crippen LogP contribution in [0.2, 0.25) is 0 Å². The van der Waals surface area contributed by atoms with E-state index in [4.69, 9.17) is 19.7 Å². The summed E-state index contributed by atoms with van der Waals surface area (Å²) in [6.07, 6.45) is -5.00. The van der Waals surface area contributed by atoms with Crippen LogP contribution >= 0.6 is 0 Å². The number of allylic oxidation sites excluding steroid dienone is 7. The SMILES string of the molecule is [C-]#[N+]C1=C(c2ccc(C)cc2)/C(=C(/C#N)[N+]#[C-])c2c(C#N)c3c(c(C#N)c21)C(C#N)=C(c1ccc(OC(F)(F)F)cc1)/C3=C(\C#N)[N+]#[C-]. The molecule has 0 aliphatic heterocycles. The van der Waals surface area contributed by atoms with E-state index >= 15 is 0 Å². The molecule has 0 N–H and O–H groups in total. The molecule has 0 atom stereocenters. The second kappa shape index (κ2) is 11.9. The second-order valence-electron chi connectivity index (χ2n) is 10.0. The topological polar surface area (TPSA) is 141 Å². The van der Waals surface area contributed by atoms with Gasteiger partial charge in [0.15, 0.2) is 0 Å². The van der Waals surface area contributed by atoms with Gasteiger partial charge in [0, 0.05) is 22.3 Å². The zero-order valence-electron chi connectivity index (χ0n) is 24.2. The van der Waals surface area contributed by atoms with Gasteiger partial charge in [0.2, 0.25) is 5.70 Å². The Morgan fingerprint density at radius 2 is 1.15 bits per heavy atom. The molecule has 0 aromatic heterocycles. The maximum Gasteiger partial charge on any atom is 0.573 e. The van der Waals surface area contributed by atoms with Crippen molar-refractivity contribution >= 4 is 33.6 Å². The third-order valence-electron chi connectivity index (χ3n) is 7.55. The lowest BCUT2D eigenvalue weighted by Gasteiger charge is -2.17. The van der Waals surface area contributed by atoms with E-state index < -0.39 is 23.5 Å². The first-order valence-electron chi connectivity index (χ1n) is 13.3. The molecule has 2 aliphatic carbocycles. The van der Waals surface area contributed by atoms with Crippen molar-refractivity contribution in [2.75, 3.05) is 0 Å². The zero-order valence-corrected chi connectivity index (χ0v) is 24.2. The van der Waals surface area contributed by atoms with Crippen LogP contribution in [-0.2, 0) is 0 Å². The Hall–Kier alpha value is -7.87. The van der Waals surface area contributed by atoms with E-state index in [0.29, 0.717) is 5.56 Å². The van der Waals surface area contributed by atoms with E-state index in [0.717, 1.165) is 29.8 Å². The van der Waals surface area contributed by atoms with Crippen molar-refractivity contribution in [1.29, 1.82) is 26.3 Å². The van der Waals surface area contributed by atoms with Crippen molar-refractivity contribution in [3.63, 3.8) is 0 Å². The fourth-order valence-corrected chi connectivity index (χ4v) is 5.79. The van der Waals surface area contributed by atoms with E-state index in [1.165, 1.54) is 0 Å². The fraction of sp³-hybridized carbons (Fsp3) is 0.0556. The lowest BCUT2D eigenvalue weighted by Crippen LogP contribution is -2.17. The molecule has 5 rings (SSSR count). The van der Waals surface area contributed by atoms with Gasteiger partial charge in [0.25, 0.3) is 11.4 Å². The minimum absolute atomic E-state index is 0.0486. The second-order valence-corrected chi connectivity index (χ2v) is 10.0. The summed E-state index contributed by atoms with van der Waals surface area (Å²) in [5.74, 6) is -0.597. The monoisotopic (exact) mass is 628 g/mol. The van der Waals surface area contributed by atoms with Crippen LogP contribution in [-0.4, -0.2) is 6.36 Å². The Morgan fingerprint density at radius 1 is 0.667 bits per heavy atom. The normalized spacial score (nSPS) is 14.8. The maximum atomic E-state index is 12.9. The van der Waals surface area contributed by atoms with Gasteiger partial charge in [-0.25, -0.2) is 25.1 Å². The van der Waals surface area contributed by atoms with Gasteiger partial charge in [-0.05, 0) is 52.5 Å². The average Bonchev–Trinajstić information content (AvgIpc) is 3.58. The molecule has 2 aliphatic rings. The summed E-state index contributed by atoms with van der Waals surface area (Å²) < 4.78 is 42.5. The molecule has 0 unspecified atom stereocenters. The molecule has 0 saturated carbocycles. The molecular weight excluding hydrogens is 617 g/mol. The summed E-state index contributed by atoms with van der Waals surface area (Å²) in [5, 5.41) is 51.9. The molecule has 48 heavy (non-hydrogen) atoms. The zero-order chi connectivity index (χ0) is 34.9. The van der Waals surface area contributed by atoms with Gasteiger partial charge < -0.3 is 4.74 Å². The van der Waals surface area contributed by atoms with Gasteiger partial charge in [-0.3, -0.25) is 0 Å². The quantitative estimate of drug-likeness (QED) is 0.211. The summed E-state index contributed by atoms with van der Waals surface area (Å²) in [7, 11) is 0. The van der Waals surface area contributed by atoms with Crippen LogP contribution < -0.4 is 4.74 Å². The summed E-state index contributed by atoms with van der Waals surface area (Å²) >= 11 is 0. The number of halogens is 3. The number of ether oxygens (including phenoxy) is 1. The maximum absolute atomic E-state index is 12.9. The number of rotatable bonds is 3. The molecule has 12 heteroatoms. The standard InChI is InChI=1S/C36H11F3N8O/c1-18-5-7-20(8-6-18)28-34(26(17-44)46-3)31-24(15-42)30-29(23(14-41)32(31)35(28)47-4)22(13-40)27(33(30)25(16-43)45-2)19-9-11-21(12-10-19)48-36(37,38)39/h5-12H,1H3/b33-25-,34-26+. The molecule has 0 spiro atoms. The minimum Gasteiger partial charge on any atom is -0.406 e. The molecule has 9 nitrogen and oxygen atoms in total. The highest BCUT2D eigenvalue weighted by Gasteiger charge is 2.43. The molecule has 3 aromatic carbocycles. The number of hydrogen-bond donors (Lipinski definition) is 0. The van der Waals surface area contributed by atoms with Crippen molar-refractivity contribution in [2.24, 2.45) is 0 Å². The molecule has 222 valence electrons. The van der Waals surface area contributed by atoms with Crippen LogP contribution in [0.4, 0.5) is 13.2 Å². The highest BCUT2D eigenvalue weighted by Crippen LogP contribution is 2.58.